The first-order chi connectivity index (χ1) is 10.2. The Morgan fingerprint density at radius 1 is 1.29 bits per heavy atom. The summed E-state index contributed by atoms with van der Waals surface area (Å²) in [6, 6.07) is 5.79. The number of rotatable bonds is 4. The van der Waals surface area contributed by atoms with E-state index in [4.69, 9.17) is 15.2 Å². The maximum atomic E-state index is 6.11. The molecule has 1 fully saturated rings. The molecule has 1 saturated heterocycles. The summed E-state index contributed by atoms with van der Waals surface area (Å²) in [6.45, 7) is 4.77. The number of likely N-dealkylation sites (tertiary alicyclic amines) is 1. The predicted molar refractivity (Wildman–Crippen MR) is 84.8 cm³/mol. The minimum atomic E-state index is 0.498. The Morgan fingerprint density at radius 3 is 2.62 bits per heavy atom. The Morgan fingerprint density at radius 2 is 2.00 bits per heavy atom. The number of para-hydroxylation sites is 1. The zero-order valence-electron chi connectivity index (χ0n) is 13.1. The highest BCUT2D eigenvalue weighted by Crippen LogP contribution is 2.31. The first-order valence-electron chi connectivity index (χ1n) is 7.40. The van der Waals surface area contributed by atoms with Crippen molar-refractivity contribution in [3.63, 3.8) is 0 Å². The molecular formula is C16H25N3O2. The Hall–Kier alpha value is -1.91. The highest BCUT2D eigenvalue weighted by molar-refractivity contribution is 5.78. The maximum Gasteiger partial charge on any atom is 0.191 e. The van der Waals surface area contributed by atoms with E-state index < -0.39 is 0 Å². The highest BCUT2D eigenvalue weighted by Gasteiger charge is 2.17. The number of aliphatic imine (C=N–C) groups is 1. The van der Waals surface area contributed by atoms with Crippen LogP contribution in [0.3, 0.4) is 0 Å². The van der Waals surface area contributed by atoms with Crippen LogP contribution in [0.1, 0.15) is 25.3 Å². The SMILES string of the molecule is COc1cccc(CN=C(N)N2CCC(C)CC2)c1OC. The molecule has 0 aliphatic carbocycles. The van der Waals surface area contributed by atoms with E-state index in [0.29, 0.717) is 12.5 Å². The summed E-state index contributed by atoms with van der Waals surface area (Å²) in [4.78, 5) is 6.67. The quantitative estimate of drug-likeness (QED) is 0.683. The number of benzene rings is 1. The first-order valence-corrected chi connectivity index (χ1v) is 7.40. The average molecular weight is 291 g/mol. The smallest absolute Gasteiger partial charge is 0.191 e. The van der Waals surface area contributed by atoms with Crippen molar-refractivity contribution in [1.29, 1.82) is 0 Å². The van der Waals surface area contributed by atoms with E-state index in [-0.39, 0.29) is 0 Å². The number of guanidine groups is 1. The molecule has 0 bridgehead atoms. The maximum absolute atomic E-state index is 6.11. The first kappa shape index (κ1) is 15.5. The summed E-state index contributed by atoms with van der Waals surface area (Å²) in [5.41, 5.74) is 7.08. The molecule has 5 heteroatoms. The monoisotopic (exact) mass is 291 g/mol. The Balaban J connectivity index is 2.06. The lowest BCUT2D eigenvalue weighted by Crippen LogP contribution is -2.42. The van der Waals surface area contributed by atoms with Gasteiger partial charge in [-0.1, -0.05) is 19.1 Å². The number of ether oxygens (including phenoxy) is 2. The van der Waals surface area contributed by atoms with E-state index in [9.17, 15) is 0 Å². The van der Waals surface area contributed by atoms with E-state index in [0.717, 1.165) is 36.1 Å². The molecule has 0 spiro atoms. The molecule has 0 amide bonds. The number of nitrogens with two attached hydrogens (primary N) is 1. The molecular weight excluding hydrogens is 266 g/mol. The van der Waals surface area contributed by atoms with Crippen molar-refractivity contribution in [2.24, 2.45) is 16.6 Å². The largest absolute Gasteiger partial charge is 0.493 e. The molecule has 0 aromatic heterocycles. The van der Waals surface area contributed by atoms with E-state index in [2.05, 4.69) is 16.8 Å². The molecule has 1 aliphatic heterocycles. The van der Waals surface area contributed by atoms with Crippen LogP contribution in [0.5, 0.6) is 11.5 Å². The fraction of sp³-hybridized carbons (Fsp3) is 0.562. The lowest BCUT2D eigenvalue weighted by atomic mass is 10.00. The zero-order valence-corrected chi connectivity index (χ0v) is 13.1. The van der Waals surface area contributed by atoms with Crippen LogP contribution in [0.25, 0.3) is 0 Å². The van der Waals surface area contributed by atoms with Crippen molar-refractivity contribution in [3.05, 3.63) is 23.8 Å². The van der Waals surface area contributed by atoms with Gasteiger partial charge in [0.25, 0.3) is 0 Å². The molecule has 116 valence electrons. The summed E-state index contributed by atoms with van der Waals surface area (Å²) < 4.78 is 10.7. The van der Waals surface area contributed by atoms with Crippen LogP contribution in [-0.4, -0.2) is 38.2 Å². The molecule has 0 radical (unpaired) electrons. The molecule has 21 heavy (non-hydrogen) atoms. The zero-order chi connectivity index (χ0) is 15.2. The van der Waals surface area contributed by atoms with Gasteiger partial charge in [-0.05, 0) is 24.8 Å². The Labute approximate surface area is 126 Å². The summed E-state index contributed by atoms with van der Waals surface area (Å²) in [6.07, 6.45) is 2.36. The van der Waals surface area contributed by atoms with Gasteiger partial charge >= 0.3 is 0 Å². The average Bonchev–Trinajstić information content (AvgIpc) is 2.52. The predicted octanol–water partition coefficient (Wildman–Crippen LogP) is 2.25. The van der Waals surface area contributed by atoms with Crippen LogP contribution in [0.15, 0.2) is 23.2 Å². The van der Waals surface area contributed by atoms with Crippen LogP contribution in [0, 0.1) is 5.92 Å². The molecule has 5 nitrogen and oxygen atoms in total. The van der Waals surface area contributed by atoms with Crippen molar-refractivity contribution < 1.29 is 9.47 Å². The fourth-order valence-electron chi connectivity index (χ4n) is 2.58. The second-order valence-corrected chi connectivity index (χ2v) is 5.50. The Bertz CT molecular complexity index is 494. The number of methoxy groups -OCH3 is 2. The van der Waals surface area contributed by atoms with E-state index >= 15 is 0 Å². The summed E-state index contributed by atoms with van der Waals surface area (Å²) in [7, 11) is 3.27. The highest BCUT2D eigenvalue weighted by atomic mass is 16.5. The van der Waals surface area contributed by atoms with Crippen molar-refractivity contribution in [2.75, 3.05) is 27.3 Å². The lowest BCUT2D eigenvalue weighted by Gasteiger charge is -2.31. The minimum absolute atomic E-state index is 0.498. The molecule has 1 aliphatic rings. The van der Waals surface area contributed by atoms with Gasteiger partial charge in [0.2, 0.25) is 0 Å². The van der Waals surface area contributed by atoms with Crippen LogP contribution < -0.4 is 15.2 Å². The van der Waals surface area contributed by atoms with Crippen LogP contribution in [0.2, 0.25) is 0 Å². The van der Waals surface area contributed by atoms with Gasteiger partial charge in [-0.2, -0.15) is 0 Å². The summed E-state index contributed by atoms with van der Waals surface area (Å²) in [5, 5.41) is 0. The number of hydrogen-bond acceptors (Lipinski definition) is 3. The standard InChI is InChI=1S/C16H25N3O2/c1-12-7-9-19(10-8-12)16(17)18-11-13-5-4-6-14(20-2)15(13)21-3/h4-6,12H,7-11H2,1-3H3,(H2,17,18). The van der Waals surface area contributed by atoms with Gasteiger partial charge in [-0.15, -0.1) is 0 Å². The normalized spacial score (nSPS) is 16.9. The van der Waals surface area contributed by atoms with Crippen LogP contribution in [0.4, 0.5) is 0 Å². The van der Waals surface area contributed by atoms with Crippen molar-refractivity contribution in [1.82, 2.24) is 4.90 Å². The molecule has 2 rings (SSSR count). The van der Waals surface area contributed by atoms with Gasteiger partial charge in [0.1, 0.15) is 0 Å². The van der Waals surface area contributed by atoms with E-state index in [1.807, 2.05) is 18.2 Å². The van der Waals surface area contributed by atoms with Gasteiger partial charge in [0.15, 0.2) is 17.5 Å². The van der Waals surface area contributed by atoms with E-state index in [1.165, 1.54) is 12.8 Å². The van der Waals surface area contributed by atoms with Gasteiger partial charge in [-0.3, -0.25) is 0 Å². The molecule has 2 N–H and O–H groups in total. The van der Waals surface area contributed by atoms with Crippen molar-refractivity contribution in [2.45, 2.75) is 26.3 Å². The molecule has 0 unspecified atom stereocenters. The Kier molecular flexibility index (Phi) is 5.31. The van der Waals surface area contributed by atoms with E-state index in [1.54, 1.807) is 14.2 Å². The summed E-state index contributed by atoms with van der Waals surface area (Å²) >= 11 is 0. The van der Waals surface area contributed by atoms with Gasteiger partial charge in [-0.25, -0.2) is 4.99 Å². The van der Waals surface area contributed by atoms with Gasteiger partial charge < -0.3 is 20.1 Å². The van der Waals surface area contributed by atoms with Crippen LogP contribution in [-0.2, 0) is 6.54 Å². The molecule has 1 heterocycles. The lowest BCUT2D eigenvalue weighted by molar-refractivity contribution is 0.277. The third-order valence-corrected chi connectivity index (χ3v) is 4.00. The summed E-state index contributed by atoms with van der Waals surface area (Å²) in [5.74, 6) is 2.85. The third-order valence-electron chi connectivity index (χ3n) is 4.00. The second kappa shape index (κ2) is 7.20. The number of piperidine rings is 1. The molecule has 0 atom stereocenters. The van der Waals surface area contributed by atoms with Crippen molar-refractivity contribution in [3.8, 4) is 11.5 Å². The third kappa shape index (κ3) is 3.80. The number of hydrogen-bond donors (Lipinski definition) is 1. The van der Waals surface area contributed by atoms with Gasteiger partial charge in [0, 0.05) is 18.7 Å². The van der Waals surface area contributed by atoms with Crippen LogP contribution >= 0.6 is 0 Å². The number of nitrogens with zero attached hydrogens (tertiary/aromatic N) is 2. The molecule has 1 aromatic rings. The topological polar surface area (TPSA) is 60.1 Å². The minimum Gasteiger partial charge on any atom is -0.493 e. The van der Waals surface area contributed by atoms with Gasteiger partial charge in [0.05, 0.1) is 20.8 Å². The molecule has 0 saturated carbocycles. The second-order valence-electron chi connectivity index (χ2n) is 5.50. The molecule has 1 aromatic carbocycles. The fourth-order valence-corrected chi connectivity index (χ4v) is 2.58. The van der Waals surface area contributed by atoms with Crippen molar-refractivity contribution >= 4 is 5.96 Å².